The summed E-state index contributed by atoms with van der Waals surface area (Å²) in [4.78, 5) is 4.48. The van der Waals surface area contributed by atoms with Gasteiger partial charge < -0.3 is 25.4 Å². The second-order valence-electron chi connectivity index (χ2n) is 6.09. The fraction of sp³-hybridized carbons (Fsp3) is 0.533. The van der Waals surface area contributed by atoms with Crippen molar-refractivity contribution in [1.29, 1.82) is 0 Å². The molecule has 9 heteroatoms. The number of imidazole rings is 1. The number of anilines is 1. The SMILES string of the molecule is CC(C)Nc1nc2cc(Cl)c(Cl)cc2n1[C@H]1OC(CO)[C@H](O)[C@@H]1O. The fourth-order valence-electron chi connectivity index (χ4n) is 2.80. The zero-order valence-corrected chi connectivity index (χ0v) is 14.7. The molecule has 24 heavy (non-hydrogen) atoms. The Bertz CT molecular complexity index is 752. The predicted octanol–water partition coefficient (Wildman–Crippen LogP) is 1.77. The first-order valence-corrected chi connectivity index (χ1v) is 8.35. The highest BCUT2D eigenvalue weighted by Gasteiger charge is 2.44. The van der Waals surface area contributed by atoms with Crippen molar-refractivity contribution in [3.8, 4) is 0 Å². The summed E-state index contributed by atoms with van der Waals surface area (Å²) in [7, 11) is 0. The zero-order chi connectivity index (χ0) is 17.6. The van der Waals surface area contributed by atoms with Gasteiger partial charge in [0.1, 0.15) is 18.3 Å². The van der Waals surface area contributed by atoms with Crippen LogP contribution in [0.15, 0.2) is 12.1 Å². The minimum Gasteiger partial charge on any atom is -0.394 e. The minimum absolute atomic E-state index is 0.0728. The fourth-order valence-corrected chi connectivity index (χ4v) is 3.12. The van der Waals surface area contributed by atoms with Gasteiger partial charge in [-0.2, -0.15) is 0 Å². The van der Waals surface area contributed by atoms with Crippen molar-refractivity contribution in [3.05, 3.63) is 22.2 Å². The average molecular weight is 376 g/mol. The molecule has 0 saturated carbocycles. The van der Waals surface area contributed by atoms with E-state index in [2.05, 4.69) is 10.3 Å². The van der Waals surface area contributed by atoms with Crippen LogP contribution in [0.5, 0.6) is 0 Å². The van der Waals surface area contributed by atoms with Crippen molar-refractivity contribution >= 4 is 40.2 Å². The smallest absolute Gasteiger partial charge is 0.206 e. The number of nitrogens with one attached hydrogen (secondary N) is 1. The summed E-state index contributed by atoms with van der Waals surface area (Å²) >= 11 is 12.2. The summed E-state index contributed by atoms with van der Waals surface area (Å²) in [6, 6.07) is 3.33. The molecule has 1 aliphatic rings. The zero-order valence-electron chi connectivity index (χ0n) is 13.1. The van der Waals surface area contributed by atoms with Gasteiger partial charge in [-0.1, -0.05) is 23.2 Å². The lowest BCUT2D eigenvalue weighted by Gasteiger charge is -2.21. The van der Waals surface area contributed by atoms with Gasteiger partial charge in [0.15, 0.2) is 6.23 Å². The van der Waals surface area contributed by atoms with Gasteiger partial charge in [-0.3, -0.25) is 4.57 Å². The topological polar surface area (TPSA) is 99.8 Å². The van der Waals surface area contributed by atoms with Crippen LogP contribution in [-0.4, -0.2) is 55.8 Å². The van der Waals surface area contributed by atoms with E-state index in [1.54, 1.807) is 16.7 Å². The second-order valence-corrected chi connectivity index (χ2v) is 6.90. The molecule has 0 amide bonds. The minimum atomic E-state index is -1.22. The van der Waals surface area contributed by atoms with Gasteiger partial charge in [-0.05, 0) is 26.0 Å². The molecule has 7 nitrogen and oxygen atoms in total. The van der Waals surface area contributed by atoms with Gasteiger partial charge in [0, 0.05) is 6.04 Å². The molecule has 1 unspecified atom stereocenters. The lowest BCUT2D eigenvalue weighted by atomic mass is 10.1. The first-order valence-electron chi connectivity index (χ1n) is 7.59. The number of aliphatic hydroxyl groups excluding tert-OH is 3. The molecule has 0 radical (unpaired) electrons. The van der Waals surface area contributed by atoms with Crippen molar-refractivity contribution in [1.82, 2.24) is 9.55 Å². The third kappa shape index (κ3) is 2.96. The highest BCUT2D eigenvalue weighted by atomic mass is 35.5. The number of halogens is 2. The third-order valence-corrected chi connectivity index (χ3v) is 4.64. The molecule has 2 heterocycles. The number of hydrogen-bond acceptors (Lipinski definition) is 6. The van der Waals surface area contributed by atoms with Crippen LogP contribution in [0, 0.1) is 0 Å². The molecule has 0 aliphatic carbocycles. The van der Waals surface area contributed by atoms with E-state index in [0.717, 1.165) is 0 Å². The molecule has 1 aliphatic heterocycles. The monoisotopic (exact) mass is 375 g/mol. The van der Waals surface area contributed by atoms with Gasteiger partial charge in [0.25, 0.3) is 0 Å². The van der Waals surface area contributed by atoms with E-state index in [4.69, 9.17) is 27.9 Å². The Kier molecular flexibility index (Phi) is 4.92. The number of aliphatic hydroxyl groups is 3. The van der Waals surface area contributed by atoms with Gasteiger partial charge in [-0.25, -0.2) is 4.98 Å². The molecule has 2 aromatic rings. The lowest BCUT2D eigenvalue weighted by Crippen LogP contribution is -2.33. The maximum absolute atomic E-state index is 10.4. The average Bonchev–Trinajstić information content (AvgIpc) is 2.97. The maximum Gasteiger partial charge on any atom is 0.206 e. The lowest BCUT2D eigenvalue weighted by molar-refractivity contribution is -0.0499. The van der Waals surface area contributed by atoms with Crippen LogP contribution in [-0.2, 0) is 4.74 Å². The Balaban J connectivity index is 2.15. The molecule has 3 rings (SSSR count). The van der Waals surface area contributed by atoms with Crippen molar-refractivity contribution in [2.75, 3.05) is 11.9 Å². The van der Waals surface area contributed by atoms with Crippen LogP contribution in [0.3, 0.4) is 0 Å². The third-order valence-electron chi connectivity index (χ3n) is 3.92. The Morgan fingerprint density at radius 2 is 1.92 bits per heavy atom. The Hall–Kier alpha value is -1.09. The van der Waals surface area contributed by atoms with E-state index in [-0.39, 0.29) is 6.04 Å². The Morgan fingerprint density at radius 3 is 2.50 bits per heavy atom. The van der Waals surface area contributed by atoms with Crippen molar-refractivity contribution in [2.45, 2.75) is 44.4 Å². The molecule has 0 bridgehead atoms. The number of rotatable bonds is 4. The second kappa shape index (κ2) is 6.67. The first-order chi connectivity index (χ1) is 11.3. The van der Waals surface area contributed by atoms with Gasteiger partial charge in [-0.15, -0.1) is 0 Å². The number of fused-ring (bicyclic) bond motifs is 1. The van der Waals surface area contributed by atoms with Crippen LogP contribution < -0.4 is 5.32 Å². The van der Waals surface area contributed by atoms with Crippen molar-refractivity contribution in [3.63, 3.8) is 0 Å². The van der Waals surface area contributed by atoms with Crippen LogP contribution in [0.4, 0.5) is 5.95 Å². The molecule has 132 valence electrons. The largest absolute Gasteiger partial charge is 0.394 e. The molecular weight excluding hydrogens is 357 g/mol. The quantitative estimate of drug-likeness (QED) is 0.649. The molecule has 1 saturated heterocycles. The number of benzene rings is 1. The standard InChI is InChI=1S/C15H19Cl2N3O4/c1-6(2)18-15-19-9-3-7(16)8(17)4-10(9)20(15)14-13(23)12(22)11(5-21)24-14/h3-4,6,11-14,21-23H,5H2,1-2H3,(H,18,19)/t11?,12-,13-,14-/m0/s1. The maximum atomic E-state index is 10.4. The van der Waals surface area contributed by atoms with E-state index < -0.39 is 31.1 Å². The number of ether oxygens (including phenoxy) is 1. The molecule has 4 N–H and O–H groups in total. The van der Waals surface area contributed by atoms with E-state index in [9.17, 15) is 15.3 Å². The first kappa shape index (κ1) is 17.7. The number of aromatic nitrogens is 2. The summed E-state index contributed by atoms with van der Waals surface area (Å²) < 4.78 is 7.26. The number of hydrogen-bond donors (Lipinski definition) is 4. The van der Waals surface area contributed by atoms with Gasteiger partial charge >= 0.3 is 0 Å². The molecule has 1 fully saturated rings. The molecule has 1 aromatic carbocycles. The predicted molar refractivity (Wildman–Crippen MR) is 91.5 cm³/mol. The number of nitrogens with zero attached hydrogens (tertiary/aromatic N) is 2. The summed E-state index contributed by atoms with van der Waals surface area (Å²) in [5.74, 6) is 0.452. The highest BCUT2D eigenvalue weighted by Crippen LogP contribution is 2.37. The summed E-state index contributed by atoms with van der Waals surface area (Å²) in [5, 5.41) is 33.6. The van der Waals surface area contributed by atoms with Crippen LogP contribution in [0.25, 0.3) is 11.0 Å². The van der Waals surface area contributed by atoms with E-state index in [1.165, 1.54) is 0 Å². The normalized spacial score (nSPS) is 27.3. The molecule has 1 aromatic heterocycles. The van der Waals surface area contributed by atoms with Gasteiger partial charge in [0.2, 0.25) is 5.95 Å². The van der Waals surface area contributed by atoms with Crippen LogP contribution in [0.1, 0.15) is 20.1 Å². The summed E-state index contributed by atoms with van der Waals surface area (Å²) in [6.45, 7) is 3.49. The van der Waals surface area contributed by atoms with Crippen LogP contribution in [0.2, 0.25) is 10.0 Å². The van der Waals surface area contributed by atoms with E-state index >= 15 is 0 Å². The Labute approximate surface area is 148 Å². The molecular formula is C15H19Cl2N3O4. The van der Waals surface area contributed by atoms with E-state index in [0.29, 0.717) is 27.0 Å². The highest BCUT2D eigenvalue weighted by molar-refractivity contribution is 6.42. The van der Waals surface area contributed by atoms with Crippen LogP contribution >= 0.6 is 23.2 Å². The Morgan fingerprint density at radius 1 is 1.25 bits per heavy atom. The van der Waals surface area contributed by atoms with E-state index in [1.807, 2.05) is 13.8 Å². The van der Waals surface area contributed by atoms with Crippen molar-refractivity contribution < 1.29 is 20.1 Å². The molecule has 4 atom stereocenters. The summed E-state index contributed by atoms with van der Waals surface area (Å²) in [5.41, 5.74) is 1.17. The summed E-state index contributed by atoms with van der Waals surface area (Å²) in [6.07, 6.45) is -4.22. The molecule has 0 spiro atoms. The van der Waals surface area contributed by atoms with Gasteiger partial charge in [0.05, 0.1) is 27.7 Å². The van der Waals surface area contributed by atoms with Crippen molar-refractivity contribution in [2.24, 2.45) is 0 Å².